The zero-order chi connectivity index (χ0) is 28.6. The van der Waals surface area contributed by atoms with Crippen LogP contribution >= 0.6 is 0 Å². The van der Waals surface area contributed by atoms with Gasteiger partial charge < -0.3 is 9.47 Å². The van der Waals surface area contributed by atoms with E-state index in [4.69, 9.17) is 9.47 Å². The number of unbranched alkanes of at least 4 members (excludes halogenated alkanes) is 3. The summed E-state index contributed by atoms with van der Waals surface area (Å²) in [5, 5.41) is 0. The molecule has 0 N–H and O–H groups in total. The van der Waals surface area contributed by atoms with Gasteiger partial charge in [-0.15, -0.1) is 0 Å². The van der Waals surface area contributed by atoms with Crippen LogP contribution in [0.25, 0.3) is 0 Å². The second-order valence-electron chi connectivity index (χ2n) is 12.8. The number of nitrogens with zero attached hydrogens (tertiary/aromatic N) is 2. The number of esters is 1. The van der Waals surface area contributed by atoms with E-state index in [9.17, 15) is 9.59 Å². The molecule has 6 nitrogen and oxygen atoms in total. The molecule has 2 aromatic carbocycles. The lowest BCUT2D eigenvalue weighted by Gasteiger charge is -2.60. The van der Waals surface area contributed by atoms with Crippen LogP contribution in [0.4, 0.5) is 0 Å². The lowest BCUT2D eigenvalue weighted by Crippen LogP contribution is -2.69. The van der Waals surface area contributed by atoms with Crippen LogP contribution in [0, 0.1) is 5.92 Å². The van der Waals surface area contributed by atoms with Crippen LogP contribution in [0.2, 0.25) is 0 Å². The normalized spacial score (nSPS) is 27.8. The highest BCUT2D eigenvalue weighted by Crippen LogP contribution is 2.64. The van der Waals surface area contributed by atoms with Crippen molar-refractivity contribution in [3.8, 4) is 11.5 Å². The Bertz CT molecular complexity index is 1260. The second-order valence-corrected chi connectivity index (χ2v) is 12.8. The summed E-state index contributed by atoms with van der Waals surface area (Å²) in [6.45, 7) is 9.01. The largest absolute Gasteiger partial charge is 0.484 e. The number of piperidine rings is 1. The number of likely N-dealkylation sites (N-methyl/N-ethyl adjacent to an activating group) is 1. The van der Waals surface area contributed by atoms with Crippen molar-refractivity contribution in [2.45, 2.75) is 102 Å². The zero-order valence-electron chi connectivity index (χ0n) is 25.1. The minimum Gasteiger partial charge on any atom is -0.484 e. The molecule has 0 amide bonds. The molecule has 1 spiro atoms. The first kappa shape index (κ1) is 28.4. The molecule has 1 saturated carbocycles. The average Bonchev–Trinajstić information content (AvgIpc) is 3.31. The fourth-order valence-corrected chi connectivity index (χ4v) is 8.88. The molecule has 2 bridgehead atoms. The number of ether oxygens (including phenoxy) is 2. The Morgan fingerprint density at radius 1 is 1.05 bits per heavy atom. The Labute approximate surface area is 245 Å². The van der Waals surface area contributed by atoms with Gasteiger partial charge in [0, 0.05) is 30.0 Å². The van der Waals surface area contributed by atoms with E-state index in [1.165, 1.54) is 49.3 Å². The van der Waals surface area contributed by atoms with E-state index >= 15 is 0 Å². The van der Waals surface area contributed by atoms with E-state index in [1.807, 2.05) is 6.07 Å². The Morgan fingerprint density at radius 2 is 1.85 bits per heavy atom. The summed E-state index contributed by atoms with van der Waals surface area (Å²) in [7, 11) is 0. The van der Waals surface area contributed by atoms with Crippen LogP contribution in [0.3, 0.4) is 0 Å². The number of rotatable bonds is 12. The van der Waals surface area contributed by atoms with Crippen molar-refractivity contribution in [3.05, 3.63) is 59.2 Å². The van der Waals surface area contributed by atoms with Gasteiger partial charge in [-0.3, -0.25) is 19.4 Å². The van der Waals surface area contributed by atoms with Gasteiger partial charge in [-0.25, -0.2) is 0 Å². The fraction of sp³-hybridized carbons (Fsp3) is 0.600. The van der Waals surface area contributed by atoms with Crippen molar-refractivity contribution in [1.29, 1.82) is 0 Å². The van der Waals surface area contributed by atoms with Gasteiger partial charge in [0.2, 0.25) is 0 Å². The first-order valence-electron chi connectivity index (χ1n) is 15.9. The molecule has 5 atom stereocenters. The van der Waals surface area contributed by atoms with Gasteiger partial charge in [0.05, 0.1) is 6.54 Å². The van der Waals surface area contributed by atoms with Gasteiger partial charge in [-0.05, 0) is 94.6 Å². The van der Waals surface area contributed by atoms with E-state index < -0.39 is 0 Å². The predicted octanol–water partition coefficient (Wildman–Crippen LogP) is 5.73. The molecular formula is C35H46N2O4. The molecule has 0 unspecified atom stereocenters. The van der Waals surface area contributed by atoms with Gasteiger partial charge in [0.25, 0.3) is 0 Å². The maximum absolute atomic E-state index is 12.2. The van der Waals surface area contributed by atoms with E-state index in [0.29, 0.717) is 30.3 Å². The van der Waals surface area contributed by atoms with Crippen LogP contribution < -0.4 is 9.47 Å². The average molecular weight is 559 g/mol. The number of aryl methyl sites for hydroxylation is 1. The standard InChI is InChI=1S/C35H46N2O4/c1-4-36(20-11-6-5-8-12-26-13-9-7-10-14-26)29-17-16-28-30-22-27-15-18-31(40-25(3)39)33-32(27)35(28,34(29)41-33)19-21-37(30)23-24(2)38/h7,9-10,13-15,18,28-30,34H,4-6,8,11-12,16-17,19-23H2,1-3H3/t28-,29-,30+,34-,35-/m0/s1. The van der Waals surface area contributed by atoms with Crippen LogP contribution in [0.1, 0.15) is 82.4 Å². The molecule has 0 radical (unpaired) electrons. The van der Waals surface area contributed by atoms with Crippen molar-refractivity contribution >= 4 is 11.8 Å². The predicted molar refractivity (Wildman–Crippen MR) is 161 cm³/mol. The van der Waals surface area contributed by atoms with Gasteiger partial charge in [-0.1, -0.05) is 56.2 Å². The maximum atomic E-state index is 12.2. The lowest BCUT2D eigenvalue weighted by atomic mass is 9.51. The van der Waals surface area contributed by atoms with Crippen LogP contribution in [-0.4, -0.2) is 65.9 Å². The van der Waals surface area contributed by atoms with Crippen molar-refractivity contribution in [3.63, 3.8) is 0 Å². The third-order valence-electron chi connectivity index (χ3n) is 10.4. The summed E-state index contributed by atoms with van der Waals surface area (Å²) in [6, 6.07) is 15.6. The van der Waals surface area contributed by atoms with E-state index in [1.54, 1.807) is 6.92 Å². The van der Waals surface area contributed by atoms with Crippen molar-refractivity contribution in [2.75, 3.05) is 26.2 Å². The highest BCUT2D eigenvalue weighted by Gasteiger charge is 2.66. The lowest BCUT2D eigenvalue weighted by molar-refractivity contribution is -0.132. The summed E-state index contributed by atoms with van der Waals surface area (Å²) in [5.41, 5.74) is 3.98. The van der Waals surface area contributed by atoms with Gasteiger partial charge in [-0.2, -0.15) is 0 Å². The van der Waals surface area contributed by atoms with Crippen LogP contribution in [-0.2, 0) is 27.8 Å². The fourth-order valence-electron chi connectivity index (χ4n) is 8.88. The van der Waals surface area contributed by atoms with E-state index in [0.717, 1.165) is 57.5 Å². The SMILES string of the molecule is CCN(CCCCCCc1ccccc1)[C@H]1CC[C@H]2[C@H]3Cc4ccc(OC(C)=O)c5c4[C@@]2(CCN3CC(C)=O)[C@H]1O5. The maximum Gasteiger partial charge on any atom is 0.308 e. The molecule has 1 saturated heterocycles. The van der Waals surface area contributed by atoms with Crippen molar-refractivity contribution in [2.24, 2.45) is 5.92 Å². The van der Waals surface area contributed by atoms with Crippen LogP contribution in [0.15, 0.2) is 42.5 Å². The monoisotopic (exact) mass is 558 g/mol. The number of Topliss-reactive ketones (excluding diaryl/α,β-unsaturated/α-hetero) is 1. The third-order valence-corrected chi connectivity index (χ3v) is 10.4. The topological polar surface area (TPSA) is 59.1 Å². The van der Waals surface area contributed by atoms with Gasteiger partial charge in [0.15, 0.2) is 11.5 Å². The molecule has 2 aliphatic heterocycles. The third kappa shape index (κ3) is 5.23. The first-order valence-corrected chi connectivity index (χ1v) is 15.9. The minimum atomic E-state index is -0.308. The Hall–Kier alpha value is -2.70. The number of benzene rings is 2. The summed E-state index contributed by atoms with van der Waals surface area (Å²) in [5.74, 6) is 1.78. The van der Waals surface area contributed by atoms with Crippen molar-refractivity contribution < 1.29 is 19.1 Å². The molecule has 2 aliphatic carbocycles. The molecule has 2 heterocycles. The number of carbonyl (C=O) groups is 2. The molecule has 220 valence electrons. The molecule has 0 aromatic heterocycles. The quantitative estimate of drug-likeness (QED) is 0.188. The Balaban J connectivity index is 1.21. The summed E-state index contributed by atoms with van der Waals surface area (Å²) < 4.78 is 12.7. The Kier molecular flexibility index (Phi) is 8.24. The zero-order valence-corrected chi connectivity index (χ0v) is 25.1. The number of carbonyl (C=O) groups excluding carboxylic acids is 2. The summed E-state index contributed by atoms with van der Waals surface area (Å²) in [6.07, 6.45) is 10.3. The molecule has 6 rings (SSSR count). The summed E-state index contributed by atoms with van der Waals surface area (Å²) >= 11 is 0. The Morgan fingerprint density at radius 3 is 2.61 bits per heavy atom. The minimum absolute atomic E-state index is 0.0482. The van der Waals surface area contributed by atoms with Crippen molar-refractivity contribution in [1.82, 2.24) is 9.80 Å². The van der Waals surface area contributed by atoms with Gasteiger partial charge in [0.1, 0.15) is 11.9 Å². The molecule has 4 aliphatic rings. The molecular weight excluding hydrogens is 512 g/mol. The second kappa shape index (κ2) is 11.9. The number of hydrogen-bond acceptors (Lipinski definition) is 6. The smallest absolute Gasteiger partial charge is 0.308 e. The molecule has 2 aromatic rings. The number of ketones is 1. The summed E-state index contributed by atoms with van der Waals surface area (Å²) in [4.78, 5) is 29.3. The number of likely N-dealkylation sites (tertiary alicyclic amines) is 1. The molecule has 6 heteroatoms. The molecule has 41 heavy (non-hydrogen) atoms. The molecule has 2 fully saturated rings. The van der Waals surface area contributed by atoms with Gasteiger partial charge >= 0.3 is 5.97 Å². The van der Waals surface area contributed by atoms with E-state index in [2.05, 4.69) is 53.1 Å². The highest BCUT2D eigenvalue weighted by molar-refractivity contribution is 5.78. The first-order chi connectivity index (χ1) is 19.9. The van der Waals surface area contributed by atoms with E-state index in [-0.39, 0.29) is 23.3 Å². The van der Waals surface area contributed by atoms with Crippen LogP contribution in [0.5, 0.6) is 11.5 Å². The number of hydrogen-bond donors (Lipinski definition) is 0. The highest BCUT2D eigenvalue weighted by atomic mass is 16.6.